The van der Waals surface area contributed by atoms with Crippen LogP contribution in [0.15, 0.2) is 36.7 Å². The zero-order chi connectivity index (χ0) is 22.1. The van der Waals surface area contributed by atoms with Gasteiger partial charge >= 0.3 is 0 Å². The molecule has 5 rings (SSSR count). The molecule has 2 aliphatic heterocycles. The summed E-state index contributed by atoms with van der Waals surface area (Å²) in [6, 6.07) is 7.06. The van der Waals surface area contributed by atoms with Crippen LogP contribution in [-0.2, 0) is 15.0 Å². The smallest absolute Gasteiger partial charge is 0.225 e. The Morgan fingerprint density at radius 3 is 2.53 bits per heavy atom. The average Bonchev–Trinajstić information content (AvgIpc) is 3.23. The average molecular weight is 457 g/mol. The molecule has 11 heteroatoms. The molecule has 2 saturated heterocycles. The number of phenolic OH excluding ortho intramolecular Hbond substituents is 1. The zero-order valence-electron chi connectivity index (χ0n) is 17.5. The number of rotatable bonds is 4. The quantitative estimate of drug-likeness (QED) is 0.568. The summed E-state index contributed by atoms with van der Waals surface area (Å²) in [4.78, 5) is 15.8. The first-order valence-electron chi connectivity index (χ1n) is 10.5. The Hall–Kier alpha value is -3.15. The number of hydrogen-bond donors (Lipinski definition) is 1. The minimum atomic E-state index is -2.20. The Morgan fingerprint density at radius 2 is 1.81 bits per heavy atom. The highest BCUT2D eigenvalue weighted by molar-refractivity contribution is 7.71. The van der Waals surface area contributed by atoms with Gasteiger partial charge in [-0.2, -0.15) is 8.42 Å². The minimum absolute atomic E-state index is 0.186. The van der Waals surface area contributed by atoms with Crippen LogP contribution >= 0.6 is 0 Å². The lowest BCUT2D eigenvalue weighted by Crippen LogP contribution is -2.46. The Bertz CT molecular complexity index is 1250. The number of aromatic nitrogens is 3. The van der Waals surface area contributed by atoms with Gasteiger partial charge in [0.25, 0.3) is 0 Å². The van der Waals surface area contributed by atoms with Crippen molar-refractivity contribution in [2.45, 2.75) is 0 Å². The highest BCUT2D eigenvalue weighted by Gasteiger charge is 2.23. The summed E-state index contributed by atoms with van der Waals surface area (Å²) in [5, 5.41) is 9.98. The number of phenols is 1. The molecule has 1 aromatic carbocycles. The molecule has 0 unspecified atom stereocenters. The molecule has 168 valence electrons. The largest absolute Gasteiger partial charge is 0.508 e. The van der Waals surface area contributed by atoms with E-state index in [0.717, 1.165) is 41.6 Å². The predicted molar refractivity (Wildman–Crippen MR) is 122 cm³/mol. The van der Waals surface area contributed by atoms with E-state index in [2.05, 4.69) is 9.80 Å². The molecule has 0 atom stereocenters. The topological polar surface area (TPSA) is 104 Å². The van der Waals surface area contributed by atoms with Crippen LogP contribution in [0.25, 0.3) is 16.9 Å². The predicted octanol–water partition coefficient (Wildman–Crippen LogP) is 0.699. The summed E-state index contributed by atoms with van der Waals surface area (Å²) in [7, 11) is -2.20. The number of aromatic hydroxyl groups is 1. The molecule has 0 bridgehead atoms. The molecule has 0 radical (unpaired) electrons. The van der Waals surface area contributed by atoms with Crippen LogP contribution in [0.2, 0.25) is 0 Å². The fraction of sp³-hybridized carbons (Fsp3) is 0.381. The molecule has 3 aromatic rings. The van der Waals surface area contributed by atoms with Crippen LogP contribution in [0.4, 0.5) is 11.6 Å². The molecule has 2 aromatic heterocycles. The number of hydrogen-bond acceptors (Lipinski definition) is 8. The Balaban J connectivity index is 1.56. The Labute approximate surface area is 186 Å². The molecule has 10 nitrogen and oxygen atoms in total. The summed E-state index contributed by atoms with van der Waals surface area (Å²) in [6.07, 6.45) is 3.79. The van der Waals surface area contributed by atoms with E-state index in [9.17, 15) is 13.5 Å². The molecular formula is C21H24N6O4S. The maximum absolute atomic E-state index is 11.0. The molecule has 4 heterocycles. The van der Waals surface area contributed by atoms with Crippen LogP contribution in [0.3, 0.4) is 0 Å². The number of piperazine rings is 1. The lowest BCUT2D eigenvalue weighted by Gasteiger charge is -2.33. The number of imidazole rings is 1. The van der Waals surface area contributed by atoms with Crippen LogP contribution in [0.1, 0.15) is 0 Å². The van der Waals surface area contributed by atoms with Gasteiger partial charge in [0.1, 0.15) is 17.1 Å². The number of benzene rings is 1. The van der Waals surface area contributed by atoms with Gasteiger partial charge in [-0.3, -0.25) is 9.30 Å². The second-order valence-corrected chi connectivity index (χ2v) is 8.53. The number of anilines is 2. The minimum Gasteiger partial charge on any atom is -0.508 e. The summed E-state index contributed by atoms with van der Waals surface area (Å²) >= 11 is 0. The van der Waals surface area contributed by atoms with Gasteiger partial charge in [0.15, 0.2) is 11.5 Å². The van der Waals surface area contributed by atoms with Crippen molar-refractivity contribution in [3.8, 4) is 17.0 Å². The van der Waals surface area contributed by atoms with Gasteiger partial charge in [0, 0.05) is 51.0 Å². The number of fused-ring (bicyclic) bond motifs is 1. The third-order valence-electron chi connectivity index (χ3n) is 5.78. The summed E-state index contributed by atoms with van der Waals surface area (Å²) in [6.45, 7) is 5.32. The Morgan fingerprint density at radius 1 is 1.03 bits per heavy atom. The molecule has 0 amide bonds. The first-order chi connectivity index (χ1) is 15.6. The van der Waals surface area contributed by atoms with E-state index in [-0.39, 0.29) is 5.75 Å². The third-order valence-corrected chi connectivity index (χ3v) is 6.25. The van der Waals surface area contributed by atoms with E-state index in [1.165, 1.54) is 5.49 Å². The second kappa shape index (κ2) is 8.77. The van der Waals surface area contributed by atoms with E-state index in [0.29, 0.717) is 39.4 Å². The maximum Gasteiger partial charge on any atom is 0.225 e. The van der Waals surface area contributed by atoms with Crippen molar-refractivity contribution in [3.05, 3.63) is 36.7 Å². The van der Waals surface area contributed by atoms with E-state index in [4.69, 9.17) is 14.7 Å². The number of ether oxygens (including phenoxy) is 1. The summed E-state index contributed by atoms with van der Waals surface area (Å²) in [5.41, 5.74) is 3.56. The van der Waals surface area contributed by atoms with Gasteiger partial charge < -0.3 is 19.6 Å². The van der Waals surface area contributed by atoms with Crippen molar-refractivity contribution in [2.75, 3.05) is 62.3 Å². The molecule has 2 aliphatic rings. The van der Waals surface area contributed by atoms with Crippen LogP contribution in [-0.4, -0.2) is 90.8 Å². The lowest BCUT2D eigenvalue weighted by molar-refractivity contribution is 0.122. The summed E-state index contributed by atoms with van der Waals surface area (Å²) in [5.74, 6) is 1.90. The van der Waals surface area contributed by atoms with Gasteiger partial charge in [-0.05, 0) is 12.1 Å². The van der Waals surface area contributed by atoms with Gasteiger partial charge in [0.2, 0.25) is 10.3 Å². The molecule has 0 saturated carbocycles. The fourth-order valence-electron chi connectivity index (χ4n) is 4.16. The maximum atomic E-state index is 11.0. The van der Waals surface area contributed by atoms with Crippen molar-refractivity contribution in [1.82, 2.24) is 19.3 Å². The summed E-state index contributed by atoms with van der Waals surface area (Å²) < 4.78 is 29.5. The third kappa shape index (κ3) is 4.14. The van der Waals surface area contributed by atoms with Crippen molar-refractivity contribution in [2.24, 2.45) is 0 Å². The van der Waals surface area contributed by atoms with Crippen LogP contribution < -0.4 is 9.80 Å². The number of nitrogens with zero attached hydrogens (tertiary/aromatic N) is 6. The Kier molecular flexibility index (Phi) is 5.68. The van der Waals surface area contributed by atoms with E-state index >= 15 is 0 Å². The van der Waals surface area contributed by atoms with E-state index in [1.54, 1.807) is 18.2 Å². The molecular weight excluding hydrogens is 432 g/mol. The second-order valence-electron chi connectivity index (χ2n) is 7.80. The van der Waals surface area contributed by atoms with Gasteiger partial charge in [-0.25, -0.2) is 9.97 Å². The molecule has 1 N–H and O–H groups in total. The molecule has 32 heavy (non-hydrogen) atoms. The van der Waals surface area contributed by atoms with Crippen molar-refractivity contribution >= 4 is 33.1 Å². The normalized spacial score (nSPS) is 17.6. The van der Waals surface area contributed by atoms with E-state index < -0.39 is 10.3 Å². The van der Waals surface area contributed by atoms with Crippen molar-refractivity contribution in [1.29, 1.82) is 0 Å². The highest BCUT2D eigenvalue weighted by atomic mass is 32.2. The van der Waals surface area contributed by atoms with Crippen molar-refractivity contribution < 1.29 is 18.3 Å². The first-order valence-corrected chi connectivity index (χ1v) is 11.6. The highest BCUT2D eigenvalue weighted by Crippen LogP contribution is 2.30. The standard InChI is InChI=1S/C21H24N6O4S/c28-17-3-1-2-16(12-17)18-14-27-19(25-6-4-24(5-7-25)15-32(29)30)13-22-20(27)21(23-18)26-8-10-31-11-9-26/h1-3,12-15,28H,4-11H2. The van der Waals surface area contributed by atoms with Crippen molar-refractivity contribution in [3.63, 3.8) is 0 Å². The van der Waals surface area contributed by atoms with Crippen LogP contribution in [0, 0.1) is 0 Å². The van der Waals surface area contributed by atoms with Gasteiger partial charge in [-0.15, -0.1) is 0 Å². The van der Waals surface area contributed by atoms with Gasteiger partial charge in [-0.1, -0.05) is 12.1 Å². The monoisotopic (exact) mass is 456 g/mol. The van der Waals surface area contributed by atoms with Crippen LogP contribution in [0.5, 0.6) is 5.75 Å². The molecule has 0 aliphatic carbocycles. The lowest BCUT2D eigenvalue weighted by atomic mass is 10.1. The molecule has 2 fully saturated rings. The first kappa shape index (κ1) is 20.7. The van der Waals surface area contributed by atoms with Gasteiger partial charge in [0.05, 0.1) is 25.1 Å². The zero-order valence-corrected chi connectivity index (χ0v) is 18.3. The fourth-order valence-corrected chi connectivity index (χ4v) is 4.62. The van der Waals surface area contributed by atoms with E-state index in [1.807, 2.05) is 27.8 Å². The SMILES string of the molecule is O=S(=O)=CN1CCN(c2cnc3c(N4CCOCC4)nc(-c4cccc(O)c4)cn23)CC1. The molecule has 0 spiro atoms. The number of morpholine rings is 1.